The fraction of sp³-hybridized carbons (Fsp3) is 0.273. The minimum absolute atomic E-state index is 0.136. The van der Waals surface area contributed by atoms with Crippen LogP contribution in [0.4, 0.5) is 17.8 Å². The van der Waals surface area contributed by atoms with Crippen molar-refractivity contribution in [1.82, 2.24) is 15.0 Å². The average Bonchev–Trinajstić information content (AvgIpc) is 3.15. The van der Waals surface area contributed by atoms with E-state index in [9.17, 15) is 14.4 Å². The third kappa shape index (κ3) is 5.81. The summed E-state index contributed by atoms with van der Waals surface area (Å²) in [5.74, 6) is 1.48. The number of hydrogen-bond donors (Lipinski definition) is 0. The Balaban J connectivity index is 1.24. The average molecular weight is 655 g/mol. The van der Waals surface area contributed by atoms with Crippen molar-refractivity contribution in [2.24, 2.45) is 0 Å². The molecule has 0 saturated carbocycles. The summed E-state index contributed by atoms with van der Waals surface area (Å²) in [7, 11) is 3.99. The van der Waals surface area contributed by atoms with Gasteiger partial charge in [-0.2, -0.15) is 15.0 Å². The lowest BCUT2D eigenvalue weighted by Gasteiger charge is -2.34. The number of esters is 3. The van der Waals surface area contributed by atoms with Gasteiger partial charge in [-0.05, 0) is 54.6 Å². The zero-order valence-electron chi connectivity index (χ0n) is 26.3. The van der Waals surface area contributed by atoms with Gasteiger partial charge in [-0.25, -0.2) is 14.4 Å². The van der Waals surface area contributed by atoms with Crippen LogP contribution in [0, 0.1) is 0 Å². The molecule has 0 spiro atoms. The van der Waals surface area contributed by atoms with E-state index in [1.165, 1.54) is 21.3 Å². The van der Waals surface area contributed by atoms with E-state index in [4.69, 9.17) is 43.4 Å². The molecule has 0 fully saturated rings. The number of methoxy groups -OCH3 is 3. The monoisotopic (exact) mass is 654 g/mol. The van der Waals surface area contributed by atoms with Gasteiger partial charge < -0.3 is 43.1 Å². The lowest BCUT2D eigenvalue weighted by atomic mass is 10.1. The van der Waals surface area contributed by atoms with Gasteiger partial charge in [0.1, 0.15) is 17.2 Å². The van der Waals surface area contributed by atoms with Crippen molar-refractivity contribution >= 4 is 35.8 Å². The molecule has 4 aromatic rings. The quantitative estimate of drug-likeness (QED) is 0.220. The molecule has 15 nitrogen and oxygen atoms in total. The van der Waals surface area contributed by atoms with Gasteiger partial charge in [0, 0.05) is 16.7 Å². The number of carbonyl (C=O) groups excluding carboxylic acids is 3. The number of anilines is 3. The van der Waals surface area contributed by atoms with Gasteiger partial charge in [-0.3, -0.25) is 0 Å². The SMILES string of the molecule is COC(=O)c1ccc2c(c1)CN(c1nc(N3COc4ccc(C(=O)OC)cc4C3)nc(N3COc4ccc(C(=O)OC)cc4C3)n1)CO2. The molecular weight excluding hydrogens is 624 g/mol. The first-order valence-corrected chi connectivity index (χ1v) is 14.9. The standard InChI is InChI=1S/C33H30N6O9/c1-43-28(40)19-4-7-25-22(10-19)13-37(16-46-25)31-34-32(38-14-23-11-20(29(41)44-2)5-8-26(23)47-17-38)36-33(35-31)39-15-24-12-21(30(42)45-3)6-9-27(24)48-18-39/h4-12H,13-18H2,1-3H3. The molecule has 0 bridgehead atoms. The van der Waals surface area contributed by atoms with E-state index in [0.29, 0.717) is 71.4 Å². The number of aromatic nitrogens is 3. The van der Waals surface area contributed by atoms with Crippen LogP contribution >= 0.6 is 0 Å². The molecule has 4 heterocycles. The van der Waals surface area contributed by atoms with E-state index in [2.05, 4.69) is 0 Å². The summed E-state index contributed by atoms with van der Waals surface area (Å²) in [4.78, 5) is 56.6. The first-order chi connectivity index (χ1) is 23.3. The van der Waals surface area contributed by atoms with Crippen LogP contribution in [-0.4, -0.2) is 74.4 Å². The van der Waals surface area contributed by atoms with Gasteiger partial charge in [-0.15, -0.1) is 0 Å². The topological polar surface area (TPSA) is 155 Å². The lowest BCUT2D eigenvalue weighted by molar-refractivity contribution is 0.0591. The predicted octanol–water partition coefficient (Wildman–Crippen LogP) is 3.30. The Morgan fingerprint density at radius 3 is 1.08 bits per heavy atom. The Kier molecular flexibility index (Phi) is 8.00. The molecule has 0 saturated heterocycles. The number of carbonyl (C=O) groups is 3. The molecule has 0 radical (unpaired) electrons. The molecule has 48 heavy (non-hydrogen) atoms. The number of fused-ring (bicyclic) bond motifs is 3. The fourth-order valence-corrected chi connectivity index (χ4v) is 5.62. The zero-order valence-corrected chi connectivity index (χ0v) is 26.3. The van der Waals surface area contributed by atoms with Crippen LogP contribution in [0.5, 0.6) is 17.2 Å². The Morgan fingerprint density at radius 2 is 0.812 bits per heavy atom. The Hall–Kier alpha value is -6.12. The number of hydrogen-bond acceptors (Lipinski definition) is 15. The van der Waals surface area contributed by atoms with Crippen LogP contribution in [-0.2, 0) is 33.8 Å². The van der Waals surface area contributed by atoms with Crippen molar-refractivity contribution in [3.8, 4) is 17.2 Å². The molecular formula is C33H30N6O9. The van der Waals surface area contributed by atoms with E-state index in [0.717, 1.165) is 16.7 Å². The normalized spacial score (nSPS) is 14.7. The maximum atomic E-state index is 12.2. The van der Waals surface area contributed by atoms with Crippen LogP contribution in [0.1, 0.15) is 47.8 Å². The van der Waals surface area contributed by atoms with Gasteiger partial charge in [0.15, 0.2) is 20.2 Å². The second kappa shape index (κ2) is 12.6. The van der Waals surface area contributed by atoms with E-state index in [1.807, 2.05) is 14.7 Å². The van der Waals surface area contributed by atoms with Crippen LogP contribution in [0.15, 0.2) is 54.6 Å². The van der Waals surface area contributed by atoms with Crippen molar-refractivity contribution in [2.45, 2.75) is 19.6 Å². The fourth-order valence-electron chi connectivity index (χ4n) is 5.62. The van der Waals surface area contributed by atoms with Gasteiger partial charge in [0.25, 0.3) is 0 Å². The molecule has 7 rings (SSSR count). The van der Waals surface area contributed by atoms with Gasteiger partial charge in [0.2, 0.25) is 17.8 Å². The summed E-state index contributed by atoms with van der Waals surface area (Å²) in [5, 5.41) is 0. The summed E-state index contributed by atoms with van der Waals surface area (Å²) in [6, 6.07) is 15.3. The van der Waals surface area contributed by atoms with E-state index in [-0.39, 0.29) is 20.2 Å². The third-order valence-corrected chi connectivity index (χ3v) is 8.10. The molecule has 0 amide bonds. The maximum absolute atomic E-state index is 12.2. The highest BCUT2D eigenvalue weighted by atomic mass is 16.5. The number of benzene rings is 3. The summed E-state index contributed by atoms with van der Waals surface area (Å²) < 4.78 is 32.8. The smallest absolute Gasteiger partial charge is 0.337 e. The summed E-state index contributed by atoms with van der Waals surface area (Å²) >= 11 is 0. The molecule has 3 aliphatic rings. The Labute approximate surface area is 274 Å². The minimum Gasteiger partial charge on any atom is -0.473 e. The molecule has 0 N–H and O–H groups in total. The molecule has 3 aliphatic heterocycles. The predicted molar refractivity (Wildman–Crippen MR) is 168 cm³/mol. The number of ether oxygens (including phenoxy) is 6. The lowest BCUT2D eigenvalue weighted by Crippen LogP contribution is -2.38. The van der Waals surface area contributed by atoms with Crippen molar-refractivity contribution in [2.75, 3.05) is 56.2 Å². The maximum Gasteiger partial charge on any atom is 0.337 e. The van der Waals surface area contributed by atoms with Gasteiger partial charge >= 0.3 is 17.9 Å². The van der Waals surface area contributed by atoms with Gasteiger partial charge in [0.05, 0.1) is 57.7 Å². The van der Waals surface area contributed by atoms with E-state index < -0.39 is 17.9 Å². The molecule has 0 atom stereocenters. The Bertz CT molecular complexity index is 1710. The zero-order chi connectivity index (χ0) is 33.4. The molecule has 3 aromatic carbocycles. The summed E-state index contributed by atoms with van der Waals surface area (Å²) in [6.45, 7) is 1.43. The number of nitrogens with zero attached hydrogens (tertiary/aromatic N) is 6. The first kappa shape index (κ1) is 30.5. The molecule has 15 heteroatoms. The Morgan fingerprint density at radius 1 is 0.521 bits per heavy atom. The molecule has 0 aliphatic carbocycles. The number of rotatable bonds is 6. The van der Waals surface area contributed by atoms with Crippen molar-refractivity contribution < 1.29 is 42.8 Å². The highest BCUT2D eigenvalue weighted by Crippen LogP contribution is 2.34. The highest BCUT2D eigenvalue weighted by Gasteiger charge is 2.29. The van der Waals surface area contributed by atoms with Crippen LogP contribution < -0.4 is 28.9 Å². The largest absolute Gasteiger partial charge is 0.473 e. The third-order valence-electron chi connectivity index (χ3n) is 8.10. The second-order valence-corrected chi connectivity index (χ2v) is 11.1. The van der Waals surface area contributed by atoms with E-state index in [1.54, 1.807) is 54.6 Å². The van der Waals surface area contributed by atoms with Crippen molar-refractivity contribution in [1.29, 1.82) is 0 Å². The molecule has 1 aromatic heterocycles. The van der Waals surface area contributed by atoms with Crippen LogP contribution in [0.2, 0.25) is 0 Å². The van der Waals surface area contributed by atoms with Gasteiger partial charge in [-0.1, -0.05) is 0 Å². The highest BCUT2D eigenvalue weighted by molar-refractivity contribution is 5.91. The van der Waals surface area contributed by atoms with Crippen molar-refractivity contribution in [3.05, 3.63) is 88.0 Å². The van der Waals surface area contributed by atoms with Crippen LogP contribution in [0.25, 0.3) is 0 Å². The first-order valence-electron chi connectivity index (χ1n) is 14.9. The minimum atomic E-state index is -0.457. The molecule has 0 unspecified atom stereocenters. The second-order valence-electron chi connectivity index (χ2n) is 11.1. The molecule has 246 valence electrons. The summed E-state index contributed by atoms with van der Waals surface area (Å²) in [6.07, 6.45) is 0. The summed E-state index contributed by atoms with van der Waals surface area (Å²) in [5.41, 5.74) is 3.44. The van der Waals surface area contributed by atoms with Crippen LogP contribution in [0.3, 0.4) is 0 Å². The van der Waals surface area contributed by atoms with E-state index >= 15 is 0 Å². The van der Waals surface area contributed by atoms with Crippen molar-refractivity contribution in [3.63, 3.8) is 0 Å².